The second kappa shape index (κ2) is 5.42. The number of amides is 1. The van der Waals surface area contributed by atoms with Crippen LogP contribution >= 0.6 is 23.4 Å². The maximum absolute atomic E-state index is 11.6. The predicted molar refractivity (Wildman–Crippen MR) is 67.9 cm³/mol. The van der Waals surface area contributed by atoms with Crippen LogP contribution < -0.4 is 5.32 Å². The fraction of sp³-hybridized carbons (Fsp3) is 0.364. The number of alkyl halides is 1. The van der Waals surface area contributed by atoms with Crippen molar-refractivity contribution in [1.29, 1.82) is 0 Å². The van der Waals surface area contributed by atoms with Gasteiger partial charge < -0.3 is 5.32 Å². The topological polar surface area (TPSA) is 29.1 Å². The number of hydrogen-bond acceptors (Lipinski definition) is 2. The Bertz CT molecular complexity index is 327. The van der Waals surface area contributed by atoms with Crippen LogP contribution in [0.2, 0.25) is 0 Å². The molecule has 15 heavy (non-hydrogen) atoms. The third kappa shape index (κ3) is 4.58. The Morgan fingerprint density at radius 2 is 2.00 bits per heavy atom. The standard InChI is InChI=1S/C11H14ClNOS/c1-11(2,8-12)15-10(14)13-9-6-4-3-5-7-9/h3-7H,8H2,1-2H3,(H,13,14). The van der Waals surface area contributed by atoms with Gasteiger partial charge in [0.15, 0.2) is 0 Å². The number of carbonyl (C=O) groups excluding carboxylic acids is 1. The fourth-order valence-corrected chi connectivity index (χ4v) is 1.83. The summed E-state index contributed by atoms with van der Waals surface area (Å²) in [6.45, 7) is 3.88. The summed E-state index contributed by atoms with van der Waals surface area (Å²) < 4.78 is -0.236. The molecule has 1 aromatic carbocycles. The van der Waals surface area contributed by atoms with E-state index in [1.807, 2.05) is 44.2 Å². The van der Waals surface area contributed by atoms with Gasteiger partial charge in [-0.1, -0.05) is 30.0 Å². The lowest BCUT2D eigenvalue weighted by Gasteiger charge is -2.19. The van der Waals surface area contributed by atoms with E-state index in [0.29, 0.717) is 5.88 Å². The van der Waals surface area contributed by atoms with Gasteiger partial charge in [0.2, 0.25) is 0 Å². The Hall–Kier alpha value is -0.670. The van der Waals surface area contributed by atoms with Crippen molar-refractivity contribution < 1.29 is 4.79 Å². The van der Waals surface area contributed by atoms with Crippen LogP contribution in [0.15, 0.2) is 30.3 Å². The van der Waals surface area contributed by atoms with E-state index in [4.69, 9.17) is 11.6 Å². The maximum Gasteiger partial charge on any atom is 0.284 e. The predicted octanol–water partition coefficient (Wildman–Crippen LogP) is 3.97. The number of para-hydroxylation sites is 1. The van der Waals surface area contributed by atoms with Gasteiger partial charge >= 0.3 is 0 Å². The number of benzene rings is 1. The number of anilines is 1. The quantitative estimate of drug-likeness (QED) is 0.814. The van der Waals surface area contributed by atoms with Crippen LogP contribution in [0.1, 0.15) is 13.8 Å². The van der Waals surface area contributed by atoms with Gasteiger partial charge in [0, 0.05) is 16.3 Å². The molecule has 0 spiro atoms. The molecular formula is C11H14ClNOS. The van der Waals surface area contributed by atoms with Gasteiger partial charge in [-0.05, 0) is 26.0 Å². The molecular weight excluding hydrogens is 230 g/mol. The Labute approximate surface area is 99.4 Å². The molecule has 0 fully saturated rings. The van der Waals surface area contributed by atoms with Crippen LogP contribution in [0, 0.1) is 0 Å². The van der Waals surface area contributed by atoms with Crippen molar-refractivity contribution in [2.75, 3.05) is 11.2 Å². The Kier molecular flexibility index (Phi) is 4.48. The average molecular weight is 244 g/mol. The first-order valence-corrected chi connectivity index (χ1v) is 5.99. The molecule has 2 nitrogen and oxygen atoms in total. The summed E-state index contributed by atoms with van der Waals surface area (Å²) in [7, 11) is 0. The molecule has 0 saturated heterocycles. The molecule has 0 aliphatic heterocycles. The highest BCUT2D eigenvalue weighted by atomic mass is 35.5. The molecule has 1 amide bonds. The monoisotopic (exact) mass is 243 g/mol. The summed E-state index contributed by atoms with van der Waals surface area (Å²) in [6.07, 6.45) is 0. The third-order valence-electron chi connectivity index (χ3n) is 1.71. The molecule has 1 rings (SSSR count). The molecule has 0 aliphatic rings. The summed E-state index contributed by atoms with van der Waals surface area (Å²) in [5.74, 6) is 0.444. The number of halogens is 1. The molecule has 0 aromatic heterocycles. The zero-order valence-electron chi connectivity index (χ0n) is 8.79. The Balaban J connectivity index is 2.51. The van der Waals surface area contributed by atoms with Crippen LogP contribution in [0.5, 0.6) is 0 Å². The highest BCUT2D eigenvalue weighted by Gasteiger charge is 2.21. The normalized spacial score (nSPS) is 11.1. The lowest BCUT2D eigenvalue weighted by atomic mass is 10.2. The van der Waals surface area contributed by atoms with E-state index in [0.717, 1.165) is 5.69 Å². The second-order valence-electron chi connectivity index (χ2n) is 3.77. The molecule has 0 radical (unpaired) electrons. The van der Waals surface area contributed by atoms with Crippen molar-refractivity contribution in [3.63, 3.8) is 0 Å². The van der Waals surface area contributed by atoms with Crippen LogP contribution in [-0.2, 0) is 0 Å². The lowest BCUT2D eigenvalue weighted by Crippen LogP contribution is -2.21. The molecule has 0 bridgehead atoms. The van der Waals surface area contributed by atoms with Gasteiger partial charge in [0.25, 0.3) is 5.24 Å². The number of hydrogen-bond donors (Lipinski definition) is 1. The van der Waals surface area contributed by atoms with E-state index in [1.165, 1.54) is 11.8 Å². The molecule has 1 aromatic rings. The van der Waals surface area contributed by atoms with Crippen molar-refractivity contribution in [2.45, 2.75) is 18.6 Å². The summed E-state index contributed by atoms with van der Waals surface area (Å²) in [5, 5.41) is 2.72. The first-order chi connectivity index (χ1) is 7.03. The molecule has 0 heterocycles. The molecule has 0 aliphatic carbocycles. The van der Waals surface area contributed by atoms with Crippen LogP contribution in [0.25, 0.3) is 0 Å². The summed E-state index contributed by atoms with van der Waals surface area (Å²) >= 11 is 6.95. The van der Waals surface area contributed by atoms with Crippen molar-refractivity contribution in [1.82, 2.24) is 0 Å². The van der Waals surface area contributed by atoms with Gasteiger partial charge in [-0.15, -0.1) is 11.6 Å². The molecule has 0 saturated carbocycles. The second-order valence-corrected chi connectivity index (χ2v) is 5.72. The van der Waals surface area contributed by atoms with Gasteiger partial charge in [0.05, 0.1) is 0 Å². The van der Waals surface area contributed by atoms with Crippen molar-refractivity contribution in [3.8, 4) is 0 Å². The zero-order chi connectivity index (χ0) is 11.3. The molecule has 0 unspecified atom stereocenters. The maximum atomic E-state index is 11.6. The van der Waals surface area contributed by atoms with E-state index in [-0.39, 0.29) is 9.99 Å². The van der Waals surface area contributed by atoms with Crippen molar-refractivity contribution in [2.24, 2.45) is 0 Å². The number of nitrogens with one attached hydrogen (secondary N) is 1. The van der Waals surface area contributed by atoms with E-state index in [9.17, 15) is 4.79 Å². The summed E-state index contributed by atoms with van der Waals surface area (Å²) in [6, 6.07) is 9.38. The molecule has 0 atom stereocenters. The minimum atomic E-state index is -0.236. The third-order valence-corrected chi connectivity index (χ3v) is 3.52. The smallest absolute Gasteiger partial charge is 0.284 e. The van der Waals surface area contributed by atoms with E-state index >= 15 is 0 Å². The van der Waals surface area contributed by atoms with Gasteiger partial charge in [0.1, 0.15) is 0 Å². The van der Waals surface area contributed by atoms with Crippen molar-refractivity contribution >= 4 is 34.3 Å². The van der Waals surface area contributed by atoms with Gasteiger partial charge in [-0.2, -0.15) is 0 Å². The van der Waals surface area contributed by atoms with Crippen LogP contribution in [0.3, 0.4) is 0 Å². The zero-order valence-corrected chi connectivity index (χ0v) is 10.4. The van der Waals surface area contributed by atoms with Gasteiger partial charge in [-0.3, -0.25) is 4.79 Å². The average Bonchev–Trinajstić information content (AvgIpc) is 2.18. The number of rotatable bonds is 3. The van der Waals surface area contributed by atoms with E-state index in [2.05, 4.69) is 5.32 Å². The highest BCUT2D eigenvalue weighted by Crippen LogP contribution is 2.27. The first kappa shape index (κ1) is 12.4. The van der Waals surface area contributed by atoms with Crippen LogP contribution in [-0.4, -0.2) is 15.9 Å². The van der Waals surface area contributed by atoms with Gasteiger partial charge in [-0.25, -0.2) is 0 Å². The molecule has 1 N–H and O–H groups in total. The number of thioether (sulfide) groups is 1. The lowest BCUT2D eigenvalue weighted by molar-refractivity contribution is 0.269. The summed E-state index contributed by atoms with van der Waals surface area (Å²) in [5.41, 5.74) is 0.806. The Morgan fingerprint density at radius 3 is 2.53 bits per heavy atom. The largest absolute Gasteiger partial charge is 0.317 e. The van der Waals surface area contributed by atoms with Crippen molar-refractivity contribution in [3.05, 3.63) is 30.3 Å². The molecule has 4 heteroatoms. The number of carbonyl (C=O) groups is 1. The molecule has 82 valence electrons. The van der Waals surface area contributed by atoms with E-state index < -0.39 is 0 Å². The fourth-order valence-electron chi connectivity index (χ4n) is 0.943. The highest BCUT2D eigenvalue weighted by molar-refractivity contribution is 8.15. The van der Waals surface area contributed by atoms with E-state index in [1.54, 1.807) is 0 Å². The minimum absolute atomic E-state index is 0.0770. The summed E-state index contributed by atoms with van der Waals surface area (Å²) in [4.78, 5) is 11.6. The SMILES string of the molecule is CC(C)(CCl)SC(=O)Nc1ccccc1. The minimum Gasteiger partial charge on any atom is -0.317 e. The Morgan fingerprint density at radius 1 is 1.40 bits per heavy atom. The first-order valence-electron chi connectivity index (χ1n) is 4.64. The van der Waals surface area contributed by atoms with Crippen LogP contribution in [0.4, 0.5) is 10.5 Å².